The molecule has 0 aliphatic carbocycles. The van der Waals surface area contributed by atoms with Crippen LogP contribution in [0.25, 0.3) is 0 Å². The van der Waals surface area contributed by atoms with Gasteiger partial charge in [0.1, 0.15) is 0 Å². The fraction of sp³-hybridized carbons (Fsp3) is 0.688. The molecule has 1 N–H and O–H groups in total. The number of halogens is 1. The molecule has 1 rings (SSSR count). The fourth-order valence-electron chi connectivity index (χ4n) is 2.22. The van der Waals surface area contributed by atoms with Gasteiger partial charge < -0.3 is 15.1 Å². The Hall–Kier alpha value is -1.20. The highest BCUT2D eigenvalue weighted by molar-refractivity contribution is 5.43. The van der Waals surface area contributed by atoms with Crippen LogP contribution in [0.5, 0.6) is 0 Å². The molecule has 120 valence electrons. The summed E-state index contributed by atoms with van der Waals surface area (Å²) in [6.07, 6.45) is 3.75. The Bertz CT molecular complexity index is 409. The van der Waals surface area contributed by atoms with E-state index in [1.54, 1.807) is 12.3 Å². The summed E-state index contributed by atoms with van der Waals surface area (Å²) in [5.74, 6) is 0.292. The smallest absolute Gasteiger partial charge is 0.170 e. The predicted octanol–water partition coefficient (Wildman–Crippen LogP) is 2.50. The average Bonchev–Trinajstić information content (AvgIpc) is 2.46. The van der Waals surface area contributed by atoms with Crippen LogP contribution in [0.15, 0.2) is 12.3 Å². The third-order valence-corrected chi connectivity index (χ3v) is 3.41. The van der Waals surface area contributed by atoms with Crippen molar-refractivity contribution in [3.63, 3.8) is 0 Å². The monoisotopic (exact) mass is 296 g/mol. The van der Waals surface area contributed by atoms with Crippen molar-refractivity contribution in [3.8, 4) is 0 Å². The molecule has 0 fully saturated rings. The van der Waals surface area contributed by atoms with Crippen molar-refractivity contribution in [3.05, 3.63) is 23.6 Å². The van der Waals surface area contributed by atoms with Crippen LogP contribution in [0.2, 0.25) is 0 Å². The Balaban J connectivity index is 2.72. The minimum absolute atomic E-state index is 0.187. The second-order valence-electron chi connectivity index (χ2n) is 5.52. The number of nitrogens with zero attached hydrogens (tertiary/aromatic N) is 3. The lowest BCUT2D eigenvalue weighted by molar-refractivity contribution is 0.400. The molecule has 0 radical (unpaired) electrons. The van der Waals surface area contributed by atoms with Crippen molar-refractivity contribution >= 4 is 5.82 Å². The third-order valence-electron chi connectivity index (χ3n) is 3.41. The zero-order chi connectivity index (χ0) is 15.7. The number of aromatic nitrogens is 1. The largest absolute Gasteiger partial charge is 0.354 e. The van der Waals surface area contributed by atoms with Crippen LogP contribution in [0.1, 0.15) is 32.3 Å². The van der Waals surface area contributed by atoms with E-state index in [4.69, 9.17) is 0 Å². The standard InChI is InChI=1S/C16H29FN4/c1-5-9-18-13-14-8-10-19-16(15(14)17)21(6-2)12-7-11-20(3)4/h8,10,18H,5-7,9,11-13H2,1-4H3. The molecule has 21 heavy (non-hydrogen) atoms. The molecular formula is C16H29FN4. The Kier molecular flexibility index (Phi) is 8.23. The fourth-order valence-corrected chi connectivity index (χ4v) is 2.22. The van der Waals surface area contributed by atoms with E-state index >= 15 is 0 Å². The number of rotatable bonds is 10. The Labute approximate surface area is 128 Å². The van der Waals surface area contributed by atoms with Gasteiger partial charge in [0.15, 0.2) is 11.6 Å². The van der Waals surface area contributed by atoms with Gasteiger partial charge >= 0.3 is 0 Å². The summed E-state index contributed by atoms with van der Waals surface area (Å²) in [5, 5.41) is 3.24. The normalized spacial score (nSPS) is 11.1. The number of hydrogen-bond acceptors (Lipinski definition) is 4. The minimum Gasteiger partial charge on any atom is -0.354 e. The molecule has 0 atom stereocenters. The molecular weight excluding hydrogens is 267 g/mol. The molecule has 0 aromatic carbocycles. The average molecular weight is 296 g/mol. The van der Waals surface area contributed by atoms with Gasteiger partial charge in [-0.15, -0.1) is 0 Å². The maximum absolute atomic E-state index is 14.6. The van der Waals surface area contributed by atoms with Crippen LogP contribution in [0, 0.1) is 5.82 Å². The summed E-state index contributed by atoms with van der Waals surface area (Å²) in [6.45, 7) is 8.19. The molecule has 0 spiro atoms. The van der Waals surface area contributed by atoms with Gasteiger partial charge in [-0.25, -0.2) is 9.37 Å². The van der Waals surface area contributed by atoms with E-state index < -0.39 is 0 Å². The SMILES string of the molecule is CCCNCc1ccnc(N(CC)CCCN(C)C)c1F. The number of pyridine rings is 1. The molecule has 0 aliphatic heterocycles. The maximum Gasteiger partial charge on any atom is 0.170 e. The van der Waals surface area contributed by atoms with Crippen molar-refractivity contribution in [1.29, 1.82) is 0 Å². The van der Waals surface area contributed by atoms with Gasteiger partial charge in [-0.3, -0.25) is 0 Å². The molecule has 1 aromatic heterocycles. The second-order valence-corrected chi connectivity index (χ2v) is 5.52. The zero-order valence-corrected chi connectivity index (χ0v) is 13.8. The van der Waals surface area contributed by atoms with Gasteiger partial charge in [0.25, 0.3) is 0 Å². The highest BCUT2D eigenvalue weighted by atomic mass is 19.1. The summed E-state index contributed by atoms with van der Waals surface area (Å²) in [5.41, 5.74) is 0.694. The van der Waals surface area contributed by atoms with Crippen LogP contribution >= 0.6 is 0 Å². The van der Waals surface area contributed by atoms with E-state index in [2.05, 4.69) is 36.2 Å². The van der Waals surface area contributed by atoms with E-state index in [-0.39, 0.29) is 5.82 Å². The topological polar surface area (TPSA) is 31.4 Å². The number of nitrogens with one attached hydrogen (secondary N) is 1. The van der Waals surface area contributed by atoms with Crippen molar-refractivity contribution in [2.24, 2.45) is 0 Å². The van der Waals surface area contributed by atoms with E-state index in [1.807, 2.05) is 11.8 Å². The van der Waals surface area contributed by atoms with Crippen LogP contribution < -0.4 is 10.2 Å². The lowest BCUT2D eigenvalue weighted by Crippen LogP contribution is -2.29. The Morgan fingerprint density at radius 1 is 1.24 bits per heavy atom. The summed E-state index contributed by atoms with van der Waals surface area (Å²) < 4.78 is 14.6. The second kappa shape index (κ2) is 9.68. The highest BCUT2D eigenvalue weighted by Gasteiger charge is 2.14. The summed E-state index contributed by atoms with van der Waals surface area (Å²) >= 11 is 0. The van der Waals surface area contributed by atoms with E-state index in [9.17, 15) is 4.39 Å². The third kappa shape index (κ3) is 5.98. The molecule has 0 aliphatic rings. The first kappa shape index (κ1) is 17.9. The molecule has 0 saturated heterocycles. The van der Waals surface area contributed by atoms with E-state index in [1.165, 1.54) is 0 Å². The van der Waals surface area contributed by atoms with Crippen LogP contribution in [-0.4, -0.2) is 50.2 Å². The molecule has 5 heteroatoms. The molecule has 0 amide bonds. The zero-order valence-electron chi connectivity index (χ0n) is 13.8. The molecule has 0 unspecified atom stereocenters. The summed E-state index contributed by atoms with van der Waals surface area (Å²) in [4.78, 5) is 8.40. The molecule has 4 nitrogen and oxygen atoms in total. The maximum atomic E-state index is 14.6. The summed E-state index contributed by atoms with van der Waals surface area (Å²) in [6, 6.07) is 1.76. The van der Waals surface area contributed by atoms with E-state index in [0.29, 0.717) is 17.9 Å². The molecule has 1 aromatic rings. The lowest BCUT2D eigenvalue weighted by atomic mass is 10.2. The predicted molar refractivity (Wildman–Crippen MR) is 87.3 cm³/mol. The summed E-state index contributed by atoms with van der Waals surface area (Å²) in [7, 11) is 4.10. The number of hydrogen-bond donors (Lipinski definition) is 1. The van der Waals surface area contributed by atoms with Crippen molar-refractivity contribution in [2.45, 2.75) is 33.2 Å². The Morgan fingerprint density at radius 2 is 2.00 bits per heavy atom. The van der Waals surface area contributed by atoms with Crippen molar-refractivity contribution in [1.82, 2.24) is 15.2 Å². The molecule has 0 saturated carbocycles. The van der Waals surface area contributed by atoms with Gasteiger partial charge in [0.05, 0.1) is 0 Å². The van der Waals surface area contributed by atoms with Gasteiger partial charge in [-0.1, -0.05) is 6.92 Å². The quantitative estimate of drug-likeness (QED) is 0.672. The van der Waals surface area contributed by atoms with Crippen LogP contribution in [-0.2, 0) is 6.54 Å². The first-order chi connectivity index (χ1) is 10.1. The first-order valence-corrected chi connectivity index (χ1v) is 7.83. The van der Waals surface area contributed by atoms with Crippen molar-refractivity contribution in [2.75, 3.05) is 45.2 Å². The van der Waals surface area contributed by atoms with Gasteiger partial charge in [-0.2, -0.15) is 0 Å². The van der Waals surface area contributed by atoms with Gasteiger partial charge in [-0.05, 0) is 53.0 Å². The molecule has 1 heterocycles. The van der Waals surface area contributed by atoms with Crippen LogP contribution in [0.3, 0.4) is 0 Å². The minimum atomic E-state index is -0.187. The first-order valence-electron chi connectivity index (χ1n) is 7.83. The molecule has 0 bridgehead atoms. The number of anilines is 1. The van der Waals surface area contributed by atoms with Gasteiger partial charge in [0, 0.05) is 31.4 Å². The highest BCUT2D eigenvalue weighted by Crippen LogP contribution is 2.19. The van der Waals surface area contributed by atoms with Crippen molar-refractivity contribution < 1.29 is 4.39 Å². The lowest BCUT2D eigenvalue weighted by Gasteiger charge is -2.24. The van der Waals surface area contributed by atoms with Gasteiger partial charge in [0.2, 0.25) is 0 Å². The Morgan fingerprint density at radius 3 is 2.62 bits per heavy atom. The van der Waals surface area contributed by atoms with Crippen LogP contribution in [0.4, 0.5) is 10.2 Å². The van der Waals surface area contributed by atoms with E-state index in [0.717, 1.165) is 39.0 Å².